The first-order valence-corrected chi connectivity index (χ1v) is 10.1. The zero-order valence-electron chi connectivity index (χ0n) is 14.7. The second-order valence-corrected chi connectivity index (χ2v) is 8.07. The van der Waals surface area contributed by atoms with Crippen LogP contribution in [0.5, 0.6) is 0 Å². The summed E-state index contributed by atoms with van der Waals surface area (Å²) in [5.74, 6) is -0.782. The second kappa shape index (κ2) is 7.58. The SMILES string of the molecule is O=C(O)C[C@H]1CCCc2c1n(Cc1ccc(Cl)cc1)c1c(SO)cccc21. The maximum absolute atomic E-state index is 11.5. The Morgan fingerprint density at radius 2 is 2.00 bits per heavy atom. The number of fused-ring (bicyclic) bond motifs is 3. The van der Waals surface area contributed by atoms with E-state index in [0.29, 0.717) is 11.6 Å². The van der Waals surface area contributed by atoms with E-state index in [2.05, 4.69) is 10.6 Å². The summed E-state index contributed by atoms with van der Waals surface area (Å²) in [4.78, 5) is 12.3. The molecule has 2 N–H and O–H groups in total. The van der Waals surface area contributed by atoms with Gasteiger partial charge in [-0.2, -0.15) is 0 Å². The zero-order valence-corrected chi connectivity index (χ0v) is 16.3. The molecule has 0 aliphatic heterocycles. The van der Waals surface area contributed by atoms with Crippen molar-refractivity contribution in [2.45, 2.75) is 43.0 Å². The van der Waals surface area contributed by atoms with Gasteiger partial charge in [0, 0.05) is 40.6 Å². The van der Waals surface area contributed by atoms with E-state index in [-0.39, 0.29) is 12.3 Å². The molecule has 1 aliphatic rings. The van der Waals surface area contributed by atoms with E-state index in [1.807, 2.05) is 36.4 Å². The predicted molar refractivity (Wildman–Crippen MR) is 109 cm³/mol. The Bertz CT molecular complexity index is 997. The highest BCUT2D eigenvalue weighted by Crippen LogP contribution is 2.42. The highest BCUT2D eigenvalue weighted by molar-refractivity contribution is 7.94. The number of nitrogens with zero attached hydrogens (tertiary/aromatic N) is 1. The van der Waals surface area contributed by atoms with Gasteiger partial charge in [-0.25, -0.2) is 0 Å². The molecule has 0 unspecified atom stereocenters. The second-order valence-electron chi connectivity index (χ2n) is 7.01. The highest BCUT2D eigenvalue weighted by Gasteiger charge is 2.30. The molecule has 1 aliphatic carbocycles. The number of halogens is 1. The van der Waals surface area contributed by atoms with E-state index >= 15 is 0 Å². The minimum Gasteiger partial charge on any atom is -0.481 e. The predicted octanol–water partition coefficient (Wildman–Crippen LogP) is 5.80. The van der Waals surface area contributed by atoms with Crippen molar-refractivity contribution in [2.24, 2.45) is 0 Å². The van der Waals surface area contributed by atoms with Crippen LogP contribution in [0.1, 0.15) is 42.0 Å². The van der Waals surface area contributed by atoms with Crippen molar-refractivity contribution in [2.75, 3.05) is 0 Å². The largest absolute Gasteiger partial charge is 0.481 e. The highest BCUT2D eigenvalue weighted by atomic mass is 35.5. The van der Waals surface area contributed by atoms with Gasteiger partial charge >= 0.3 is 5.97 Å². The van der Waals surface area contributed by atoms with Gasteiger partial charge in [0.25, 0.3) is 0 Å². The van der Waals surface area contributed by atoms with Crippen molar-refractivity contribution in [3.05, 3.63) is 64.3 Å². The van der Waals surface area contributed by atoms with Crippen LogP contribution in [0.2, 0.25) is 5.02 Å². The number of benzene rings is 2. The zero-order chi connectivity index (χ0) is 19.0. The third kappa shape index (κ3) is 3.47. The van der Waals surface area contributed by atoms with Crippen molar-refractivity contribution in [3.8, 4) is 0 Å². The van der Waals surface area contributed by atoms with E-state index in [0.717, 1.165) is 58.4 Å². The molecule has 0 saturated heterocycles. The Kier molecular flexibility index (Phi) is 5.17. The number of aryl methyl sites for hydroxylation is 1. The molecule has 0 fully saturated rings. The lowest BCUT2D eigenvalue weighted by Crippen LogP contribution is -2.17. The van der Waals surface area contributed by atoms with Gasteiger partial charge in [-0.05, 0) is 48.6 Å². The van der Waals surface area contributed by atoms with E-state index in [1.54, 1.807) is 0 Å². The van der Waals surface area contributed by atoms with Gasteiger partial charge in [0.1, 0.15) is 0 Å². The number of aliphatic carboxylic acids is 1. The number of hydrogen-bond donors (Lipinski definition) is 2. The smallest absolute Gasteiger partial charge is 0.304 e. The summed E-state index contributed by atoms with van der Waals surface area (Å²) in [7, 11) is 0. The van der Waals surface area contributed by atoms with E-state index in [1.165, 1.54) is 5.56 Å². The molecule has 0 radical (unpaired) electrons. The van der Waals surface area contributed by atoms with Crippen LogP contribution < -0.4 is 0 Å². The van der Waals surface area contributed by atoms with Gasteiger partial charge in [0.05, 0.1) is 16.8 Å². The summed E-state index contributed by atoms with van der Waals surface area (Å²) in [5, 5.41) is 11.2. The van der Waals surface area contributed by atoms with Crippen LogP contribution in [-0.2, 0) is 17.8 Å². The van der Waals surface area contributed by atoms with Crippen molar-refractivity contribution in [1.82, 2.24) is 4.57 Å². The Hall–Kier alpha value is -1.95. The summed E-state index contributed by atoms with van der Waals surface area (Å²) < 4.78 is 12.0. The van der Waals surface area contributed by atoms with Crippen LogP contribution >= 0.6 is 23.6 Å². The molecule has 4 rings (SSSR count). The standard InChI is InChI=1S/C21H20ClNO3S/c22-15-9-7-13(8-10-15)12-23-20-14(11-19(24)25)3-1-4-16(20)17-5-2-6-18(27-26)21(17)23/h2,5-10,14,26H,1,3-4,11-12H2,(H,24,25)/t14-/m1/s1. The number of carboxylic acid groups (broad SMARTS) is 1. The van der Waals surface area contributed by atoms with Crippen molar-refractivity contribution in [1.29, 1.82) is 0 Å². The summed E-state index contributed by atoms with van der Waals surface area (Å²) >= 11 is 6.77. The molecule has 0 saturated carbocycles. The van der Waals surface area contributed by atoms with Crippen LogP contribution in [0.3, 0.4) is 0 Å². The molecule has 0 spiro atoms. The third-order valence-electron chi connectivity index (χ3n) is 5.33. The lowest BCUT2D eigenvalue weighted by molar-refractivity contribution is -0.137. The first-order chi connectivity index (χ1) is 13.1. The average molecular weight is 402 g/mol. The van der Waals surface area contributed by atoms with Gasteiger partial charge in [-0.15, -0.1) is 0 Å². The molecule has 1 atom stereocenters. The van der Waals surface area contributed by atoms with Gasteiger partial charge in [0.2, 0.25) is 0 Å². The average Bonchev–Trinajstić information content (AvgIpc) is 2.98. The Labute approximate surface area is 167 Å². The van der Waals surface area contributed by atoms with E-state index < -0.39 is 5.97 Å². The molecule has 2 aromatic carbocycles. The van der Waals surface area contributed by atoms with Crippen molar-refractivity contribution >= 4 is 40.5 Å². The molecule has 1 aromatic heterocycles. The fraction of sp³-hybridized carbons (Fsp3) is 0.286. The quantitative estimate of drug-likeness (QED) is 0.530. The normalized spacial score (nSPS) is 16.4. The number of hydrogen-bond acceptors (Lipinski definition) is 3. The number of carboxylic acids is 1. The van der Waals surface area contributed by atoms with Gasteiger partial charge in [0.15, 0.2) is 0 Å². The molecule has 0 bridgehead atoms. The fourth-order valence-corrected chi connectivity index (χ4v) is 4.85. The summed E-state index contributed by atoms with van der Waals surface area (Å²) in [5.41, 5.74) is 4.42. The maximum atomic E-state index is 11.5. The molecule has 1 heterocycles. The molecule has 3 aromatic rings. The lowest BCUT2D eigenvalue weighted by atomic mass is 9.84. The molecule has 4 nitrogen and oxygen atoms in total. The van der Waals surface area contributed by atoms with E-state index in [4.69, 9.17) is 11.6 Å². The van der Waals surface area contributed by atoms with Crippen LogP contribution in [0.25, 0.3) is 10.9 Å². The molecule has 0 amide bonds. The Balaban J connectivity index is 1.93. The van der Waals surface area contributed by atoms with Gasteiger partial charge in [-0.3, -0.25) is 4.79 Å². The van der Waals surface area contributed by atoms with Gasteiger partial charge < -0.3 is 14.2 Å². The third-order valence-corrected chi connectivity index (χ3v) is 6.11. The molecular formula is C21H20ClNO3S. The topological polar surface area (TPSA) is 62.5 Å². The lowest BCUT2D eigenvalue weighted by Gasteiger charge is -2.25. The minimum absolute atomic E-state index is 0.0116. The maximum Gasteiger partial charge on any atom is 0.304 e. The number of para-hydroxylation sites is 1. The summed E-state index contributed by atoms with van der Waals surface area (Å²) in [6.07, 6.45) is 2.93. The van der Waals surface area contributed by atoms with Crippen LogP contribution in [0.15, 0.2) is 47.4 Å². The molecule has 27 heavy (non-hydrogen) atoms. The first-order valence-electron chi connectivity index (χ1n) is 9.00. The Morgan fingerprint density at radius 1 is 1.22 bits per heavy atom. The first kappa shape index (κ1) is 18.4. The summed E-state index contributed by atoms with van der Waals surface area (Å²) in [6.45, 7) is 0.622. The molecule has 140 valence electrons. The van der Waals surface area contributed by atoms with Crippen molar-refractivity contribution < 1.29 is 14.5 Å². The summed E-state index contributed by atoms with van der Waals surface area (Å²) in [6, 6.07) is 13.7. The number of aromatic nitrogens is 1. The molecular weight excluding hydrogens is 382 g/mol. The monoisotopic (exact) mass is 401 g/mol. The number of rotatable bonds is 5. The van der Waals surface area contributed by atoms with Crippen LogP contribution in [-0.4, -0.2) is 20.2 Å². The van der Waals surface area contributed by atoms with Gasteiger partial charge in [-0.1, -0.05) is 35.9 Å². The molecule has 6 heteroatoms. The van der Waals surface area contributed by atoms with Crippen LogP contribution in [0.4, 0.5) is 0 Å². The Morgan fingerprint density at radius 3 is 2.70 bits per heavy atom. The minimum atomic E-state index is -0.770. The number of carbonyl (C=O) groups is 1. The van der Waals surface area contributed by atoms with E-state index in [9.17, 15) is 14.5 Å². The van der Waals surface area contributed by atoms with Crippen LogP contribution in [0, 0.1) is 0 Å². The fourth-order valence-electron chi connectivity index (χ4n) is 4.28. The van der Waals surface area contributed by atoms with Crippen molar-refractivity contribution in [3.63, 3.8) is 0 Å².